The molecule has 10 atom stereocenters. The summed E-state index contributed by atoms with van der Waals surface area (Å²) in [5.41, 5.74) is 7.78. The topological polar surface area (TPSA) is 127 Å². The second-order valence-electron chi connectivity index (χ2n) is 12.8. The number of nitrogens with two attached hydrogens (primary N) is 1. The van der Waals surface area contributed by atoms with Crippen molar-refractivity contribution in [2.45, 2.75) is 99.2 Å². The van der Waals surface area contributed by atoms with Crippen LogP contribution in [0, 0.1) is 11.8 Å². The molecule has 10 heteroatoms. The standard InChI is InChI=1S/C36H53NO8S/c1-6-16-42-17-10-11-28-19-25(3)32(43-28)15-14-29-18-24(2)26(4)33(44-29)21-34-31(23-46(39,40)30-12-8-7-9-13-30)36(41-5)35(45-34)20-27(38)22-37/h6-13,24,27-29,31-36,38H,1,3-4,14-23,37H2,2,5H3/b11-10+/t24-,27+,28+,29+,31+,32+,33-,34+,35-,36-/m1/s1. The summed E-state index contributed by atoms with van der Waals surface area (Å²) >= 11 is 0. The molecular weight excluding hydrogens is 606 g/mol. The molecule has 3 fully saturated rings. The predicted molar refractivity (Wildman–Crippen MR) is 179 cm³/mol. The third kappa shape index (κ3) is 9.70. The molecule has 3 aliphatic heterocycles. The lowest BCUT2D eigenvalue weighted by molar-refractivity contribution is -0.0766. The molecule has 3 saturated heterocycles. The average molecular weight is 660 g/mol. The summed E-state index contributed by atoms with van der Waals surface area (Å²) in [4.78, 5) is 0.260. The van der Waals surface area contributed by atoms with E-state index in [0.29, 0.717) is 19.6 Å². The van der Waals surface area contributed by atoms with Crippen LogP contribution in [0.3, 0.4) is 0 Å². The molecule has 3 heterocycles. The Morgan fingerprint density at radius 3 is 2.54 bits per heavy atom. The van der Waals surface area contributed by atoms with Crippen molar-refractivity contribution in [3.8, 4) is 0 Å². The van der Waals surface area contributed by atoms with E-state index in [1.807, 2.05) is 12.2 Å². The van der Waals surface area contributed by atoms with Crippen molar-refractivity contribution in [3.05, 3.63) is 79.4 Å². The first-order valence-corrected chi connectivity index (χ1v) is 18.1. The molecule has 0 aliphatic carbocycles. The van der Waals surface area contributed by atoms with E-state index in [1.165, 1.54) is 0 Å². The Kier molecular flexibility index (Phi) is 13.8. The summed E-state index contributed by atoms with van der Waals surface area (Å²) in [6, 6.07) is 8.44. The van der Waals surface area contributed by atoms with Gasteiger partial charge in [0.2, 0.25) is 0 Å². The lowest BCUT2D eigenvalue weighted by Gasteiger charge is -2.38. The molecule has 0 amide bonds. The second-order valence-corrected chi connectivity index (χ2v) is 14.9. The van der Waals surface area contributed by atoms with Crippen molar-refractivity contribution in [1.82, 2.24) is 0 Å². The zero-order valence-corrected chi connectivity index (χ0v) is 28.2. The van der Waals surface area contributed by atoms with Gasteiger partial charge in [-0.05, 0) is 48.5 Å². The third-order valence-electron chi connectivity index (χ3n) is 9.45. The van der Waals surface area contributed by atoms with Gasteiger partial charge in [-0.15, -0.1) is 6.58 Å². The predicted octanol–water partition coefficient (Wildman–Crippen LogP) is 4.56. The van der Waals surface area contributed by atoms with Gasteiger partial charge < -0.3 is 34.5 Å². The third-order valence-corrected chi connectivity index (χ3v) is 11.3. The minimum atomic E-state index is -3.64. The van der Waals surface area contributed by atoms with Crippen molar-refractivity contribution >= 4 is 9.84 Å². The summed E-state index contributed by atoms with van der Waals surface area (Å²) in [7, 11) is -2.08. The Bertz CT molecular complexity index is 1280. The van der Waals surface area contributed by atoms with Gasteiger partial charge in [-0.25, -0.2) is 8.42 Å². The minimum absolute atomic E-state index is 0.00775. The molecule has 0 unspecified atom stereocenters. The van der Waals surface area contributed by atoms with Gasteiger partial charge in [0.15, 0.2) is 9.84 Å². The Balaban J connectivity index is 1.42. The van der Waals surface area contributed by atoms with Crippen LogP contribution < -0.4 is 5.73 Å². The Morgan fingerprint density at radius 2 is 1.85 bits per heavy atom. The summed E-state index contributed by atoms with van der Waals surface area (Å²) in [6.07, 6.45) is 7.02. The lowest BCUT2D eigenvalue weighted by Crippen LogP contribution is -2.40. The maximum absolute atomic E-state index is 13.5. The van der Waals surface area contributed by atoms with Gasteiger partial charge in [0.05, 0.1) is 72.7 Å². The van der Waals surface area contributed by atoms with Gasteiger partial charge in [0.1, 0.15) is 0 Å². The maximum Gasteiger partial charge on any atom is 0.178 e. The molecule has 0 aromatic heterocycles. The highest BCUT2D eigenvalue weighted by atomic mass is 32.2. The molecule has 4 rings (SSSR count). The first-order valence-electron chi connectivity index (χ1n) is 16.4. The van der Waals surface area contributed by atoms with E-state index < -0.39 is 40.2 Å². The molecule has 1 aromatic carbocycles. The number of hydrogen-bond acceptors (Lipinski definition) is 9. The fraction of sp³-hybridized carbons (Fsp3) is 0.611. The molecule has 0 bridgehead atoms. The van der Waals surface area contributed by atoms with E-state index in [4.69, 9.17) is 29.4 Å². The molecule has 256 valence electrons. The molecule has 1 aromatic rings. The molecule has 0 spiro atoms. The Labute approximate surface area is 275 Å². The van der Waals surface area contributed by atoms with E-state index in [-0.39, 0.29) is 53.9 Å². The second kappa shape index (κ2) is 17.3. The van der Waals surface area contributed by atoms with Crippen molar-refractivity contribution in [2.24, 2.45) is 17.6 Å². The highest BCUT2D eigenvalue weighted by molar-refractivity contribution is 7.91. The fourth-order valence-electron chi connectivity index (χ4n) is 6.92. The van der Waals surface area contributed by atoms with Crippen LogP contribution in [0.4, 0.5) is 0 Å². The van der Waals surface area contributed by atoms with Crippen LogP contribution >= 0.6 is 0 Å². The zero-order chi connectivity index (χ0) is 33.3. The van der Waals surface area contributed by atoms with Crippen LogP contribution in [0.15, 0.2) is 84.3 Å². The largest absolute Gasteiger partial charge is 0.392 e. The van der Waals surface area contributed by atoms with Gasteiger partial charge in [0, 0.05) is 38.8 Å². The number of hydrogen-bond donors (Lipinski definition) is 2. The molecule has 0 saturated carbocycles. The SMILES string of the molecule is C=CCOC/C=C/[C@H]1CC(=C)[C@H](CC[C@H]2C[C@@H](C)C(=C)[C@@H](C[C@@H]3O[C@H](C[C@H](O)CN)[C@H](OC)[C@H]3CS(=O)(=O)c3ccccc3)O2)O1. The van der Waals surface area contributed by atoms with Crippen LogP contribution in [0.1, 0.15) is 45.4 Å². The highest BCUT2D eigenvalue weighted by Crippen LogP contribution is 2.41. The smallest absolute Gasteiger partial charge is 0.178 e. The van der Waals surface area contributed by atoms with Crippen molar-refractivity contribution in [2.75, 3.05) is 32.6 Å². The lowest BCUT2D eigenvalue weighted by atomic mass is 9.83. The number of aliphatic hydroxyl groups excluding tert-OH is 1. The normalized spacial score (nSPS) is 32.7. The van der Waals surface area contributed by atoms with E-state index >= 15 is 0 Å². The summed E-state index contributed by atoms with van der Waals surface area (Å²) < 4.78 is 57.8. The van der Waals surface area contributed by atoms with Gasteiger partial charge in [-0.2, -0.15) is 0 Å². The van der Waals surface area contributed by atoms with Crippen LogP contribution in [0.5, 0.6) is 0 Å². The van der Waals surface area contributed by atoms with Gasteiger partial charge in [0.25, 0.3) is 0 Å². The summed E-state index contributed by atoms with van der Waals surface area (Å²) in [6.45, 7) is 15.6. The molecular formula is C36H53NO8S. The zero-order valence-electron chi connectivity index (χ0n) is 27.4. The molecule has 3 N–H and O–H groups in total. The van der Waals surface area contributed by atoms with Crippen LogP contribution in [-0.2, 0) is 33.5 Å². The van der Waals surface area contributed by atoms with E-state index in [0.717, 1.165) is 36.8 Å². The summed E-state index contributed by atoms with van der Waals surface area (Å²) in [5.74, 6) is -0.395. The number of benzene rings is 1. The van der Waals surface area contributed by atoms with Crippen LogP contribution in [0.2, 0.25) is 0 Å². The van der Waals surface area contributed by atoms with E-state index in [1.54, 1.807) is 43.5 Å². The maximum atomic E-state index is 13.5. The molecule has 3 aliphatic rings. The molecule has 0 radical (unpaired) electrons. The van der Waals surface area contributed by atoms with Gasteiger partial charge in [-0.3, -0.25) is 0 Å². The fourth-order valence-corrected chi connectivity index (χ4v) is 8.59. The minimum Gasteiger partial charge on any atom is -0.392 e. The number of methoxy groups -OCH3 is 1. The van der Waals surface area contributed by atoms with Crippen molar-refractivity contribution < 1.29 is 37.2 Å². The van der Waals surface area contributed by atoms with Gasteiger partial charge >= 0.3 is 0 Å². The first kappa shape index (κ1) is 36.7. The average Bonchev–Trinajstić information content (AvgIpc) is 3.55. The van der Waals surface area contributed by atoms with Crippen LogP contribution in [-0.4, -0.2) is 95.0 Å². The summed E-state index contributed by atoms with van der Waals surface area (Å²) in [5, 5.41) is 10.4. The van der Waals surface area contributed by atoms with Crippen LogP contribution in [0.25, 0.3) is 0 Å². The number of aliphatic hydroxyl groups is 1. The number of sulfone groups is 1. The Morgan fingerprint density at radius 1 is 1.09 bits per heavy atom. The van der Waals surface area contributed by atoms with Crippen molar-refractivity contribution in [3.63, 3.8) is 0 Å². The van der Waals surface area contributed by atoms with Gasteiger partial charge in [-0.1, -0.05) is 56.5 Å². The first-order chi connectivity index (χ1) is 22.1. The molecule has 46 heavy (non-hydrogen) atoms. The Hall–Kier alpha value is -2.15. The number of ether oxygens (including phenoxy) is 5. The van der Waals surface area contributed by atoms with E-state index in [2.05, 4.69) is 26.7 Å². The highest BCUT2D eigenvalue weighted by Gasteiger charge is 2.48. The van der Waals surface area contributed by atoms with Crippen molar-refractivity contribution in [1.29, 1.82) is 0 Å². The van der Waals surface area contributed by atoms with E-state index in [9.17, 15) is 13.5 Å². The monoisotopic (exact) mass is 659 g/mol. The number of rotatable bonds is 17. The quantitative estimate of drug-likeness (QED) is 0.183. The molecule has 9 nitrogen and oxygen atoms in total.